The normalized spacial score (nSPS) is 12.7. The minimum atomic E-state index is -0.479. The van der Waals surface area contributed by atoms with Crippen LogP contribution in [0.5, 0.6) is 5.75 Å². The molecule has 0 aromatic heterocycles. The minimum Gasteiger partial charge on any atom is -0.491 e. The number of ether oxygens (including phenoxy) is 1. The Morgan fingerprint density at radius 3 is 2.79 bits per heavy atom. The van der Waals surface area contributed by atoms with Gasteiger partial charge < -0.3 is 20.5 Å². The molecule has 19 heavy (non-hydrogen) atoms. The highest BCUT2D eigenvalue weighted by Gasteiger charge is 2.10. The first-order chi connectivity index (χ1) is 9.17. The Kier molecular flexibility index (Phi) is 7.48. The van der Waals surface area contributed by atoms with Crippen molar-refractivity contribution >= 4 is 0 Å². The molecule has 3 N–H and O–H groups in total. The van der Waals surface area contributed by atoms with Crippen LogP contribution in [0.15, 0.2) is 24.3 Å². The zero-order valence-electron chi connectivity index (χ0n) is 12.0. The summed E-state index contributed by atoms with van der Waals surface area (Å²) in [6.45, 7) is 4.55. The largest absolute Gasteiger partial charge is 0.491 e. The fourth-order valence-corrected chi connectivity index (χ4v) is 1.93. The first kappa shape index (κ1) is 16.0. The fourth-order valence-electron chi connectivity index (χ4n) is 1.93. The van der Waals surface area contributed by atoms with Crippen LogP contribution in [0.4, 0.5) is 0 Å². The monoisotopic (exact) mass is 266 g/mol. The first-order valence-electron chi connectivity index (χ1n) is 6.94. The van der Waals surface area contributed by atoms with E-state index in [2.05, 4.69) is 11.8 Å². The van der Waals surface area contributed by atoms with Crippen LogP contribution >= 0.6 is 0 Å². The van der Waals surface area contributed by atoms with E-state index in [4.69, 9.17) is 10.5 Å². The highest BCUT2D eigenvalue weighted by atomic mass is 16.5. The zero-order chi connectivity index (χ0) is 14.1. The van der Waals surface area contributed by atoms with E-state index in [1.807, 2.05) is 31.3 Å². The highest BCUT2D eigenvalue weighted by molar-refractivity contribution is 5.32. The lowest BCUT2D eigenvalue weighted by Gasteiger charge is -2.21. The van der Waals surface area contributed by atoms with Crippen molar-refractivity contribution < 1.29 is 9.84 Å². The van der Waals surface area contributed by atoms with E-state index >= 15 is 0 Å². The van der Waals surface area contributed by atoms with Crippen LogP contribution in [0.3, 0.4) is 0 Å². The van der Waals surface area contributed by atoms with Gasteiger partial charge in [0.05, 0.1) is 0 Å². The molecule has 1 atom stereocenters. The molecule has 4 heteroatoms. The number of nitrogens with zero attached hydrogens (tertiary/aromatic N) is 1. The summed E-state index contributed by atoms with van der Waals surface area (Å²) in [7, 11) is 2.02. The molecule has 1 rings (SSSR count). The van der Waals surface area contributed by atoms with Gasteiger partial charge in [-0.15, -0.1) is 0 Å². The molecule has 0 bridgehead atoms. The van der Waals surface area contributed by atoms with Crippen LogP contribution in [0, 0.1) is 0 Å². The lowest BCUT2D eigenvalue weighted by molar-refractivity contribution is 0.0756. The van der Waals surface area contributed by atoms with Gasteiger partial charge in [0.2, 0.25) is 0 Å². The molecular formula is C15H26N2O2. The molecular weight excluding hydrogens is 240 g/mol. The van der Waals surface area contributed by atoms with Gasteiger partial charge in [-0.1, -0.05) is 31.5 Å². The summed E-state index contributed by atoms with van der Waals surface area (Å²) in [6.07, 6.45) is 1.84. The second-order valence-electron chi connectivity index (χ2n) is 4.89. The number of unbranched alkanes of at least 4 members (excludes halogenated alkanes) is 1. The Labute approximate surface area is 116 Å². The smallest absolute Gasteiger partial charge is 0.123 e. The summed E-state index contributed by atoms with van der Waals surface area (Å²) in [5.74, 6) is 0.764. The molecule has 0 spiro atoms. The van der Waals surface area contributed by atoms with Crippen molar-refractivity contribution in [1.29, 1.82) is 0 Å². The van der Waals surface area contributed by atoms with Crippen LogP contribution in [0.2, 0.25) is 0 Å². The lowest BCUT2D eigenvalue weighted by atomic mass is 10.2. The molecule has 4 nitrogen and oxygen atoms in total. The summed E-state index contributed by atoms with van der Waals surface area (Å²) in [4.78, 5) is 2.13. The molecule has 0 heterocycles. The molecule has 108 valence electrons. The second-order valence-corrected chi connectivity index (χ2v) is 4.89. The summed E-state index contributed by atoms with van der Waals surface area (Å²) in [5.41, 5.74) is 6.61. The van der Waals surface area contributed by atoms with E-state index in [-0.39, 0.29) is 0 Å². The molecule has 0 saturated carbocycles. The number of likely N-dealkylation sites (N-methyl/N-ethyl adjacent to an activating group) is 1. The first-order valence-corrected chi connectivity index (χ1v) is 6.94. The van der Waals surface area contributed by atoms with Gasteiger partial charge in [-0.2, -0.15) is 0 Å². The highest BCUT2D eigenvalue weighted by Crippen LogP contribution is 2.17. The van der Waals surface area contributed by atoms with E-state index in [1.54, 1.807) is 0 Å². The van der Waals surface area contributed by atoms with Crippen molar-refractivity contribution in [3.05, 3.63) is 29.8 Å². The average Bonchev–Trinajstić information content (AvgIpc) is 2.43. The zero-order valence-corrected chi connectivity index (χ0v) is 12.0. The topological polar surface area (TPSA) is 58.7 Å². The molecule has 1 aromatic carbocycles. The number of benzene rings is 1. The van der Waals surface area contributed by atoms with Gasteiger partial charge in [0.1, 0.15) is 18.5 Å². The van der Waals surface area contributed by atoms with E-state index < -0.39 is 6.10 Å². The van der Waals surface area contributed by atoms with Gasteiger partial charge in [0.15, 0.2) is 0 Å². The predicted octanol–water partition coefficient (Wildman–Crippen LogP) is 1.62. The Balaban J connectivity index is 2.35. The van der Waals surface area contributed by atoms with E-state index in [9.17, 15) is 5.11 Å². The van der Waals surface area contributed by atoms with Crippen LogP contribution < -0.4 is 10.5 Å². The van der Waals surface area contributed by atoms with E-state index in [1.165, 1.54) is 6.42 Å². The molecule has 0 fully saturated rings. The second kappa shape index (κ2) is 8.91. The number of nitrogens with two attached hydrogens (primary N) is 1. The number of aliphatic hydroxyl groups is 1. The molecule has 0 aliphatic carbocycles. The van der Waals surface area contributed by atoms with Crippen LogP contribution in [0.1, 0.15) is 25.3 Å². The maximum Gasteiger partial charge on any atom is 0.123 e. The fraction of sp³-hybridized carbons (Fsp3) is 0.600. The number of aliphatic hydroxyl groups excluding tert-OH is 1. The Morgan fingerprint density at radius 2 is 2.11 bits per heavy atom. The average molecular weight is 266 g/mol. The van der Waals surface area contributed by atoms with Crippen LogP contribution in [0.25, 0.3) is 0 Å². The van der Waals surface area contributed by atoms with Gasteiger partial charge in [-0.25, -0.2) is 0 Å². The third-order valence-corrected chi connectivity index (χ3v) is 3.04. The SMILES string of the molecule is CCCCN(C)CC(O)COc1ccccc1CN. The third-order valence-electron chi connectivity index (χ3n) is 3.04. The van der Waals surface area contributed by atoms with Gasteiger partial charge in [0, 0.05) is 18.7 Å². The van der Waals surface area contributed by atoms with Crippen molar-refractivity contribution in [3.8, 4) is 5.75 Å². The maximum absolute atomic E-state index is 9.95. The molecule has 0 amide bonds. The van der Waals surface area contributed by atoms with Gasteiger partial charge in [-0.05, 0) is 26.1 Å². The summed E-state index contributed by atoms with van der Waals surface area (Å²) in [5, 5.41) is 9.95. The Hall–Kier alpha value is -1.10. The molecule has 0 saturated heterocycles. The van der Waals surface area contributed by atoms with Gasteiger partial charge in [-0.3, -0.25) is 0 Å². The summed E-state index contributed by atoms with van der Waals surface area (Å²) >= 11 is 0. The van der Waals surface area contributed by atoms with Crippen molar-refractivity contribution in [1.82, 2.24) is 4.90 Å². The molecule has 1 unspecified atom stereocenters. The van der Waals surface area contributed by atoms with Crippen LogP contribution in [-0.2, 0) is 6.54 Å². The molecule has 0 aliphatic heterocycles. The third kappa shape index (κ3) is 6.05. The Bertz CT molecular complexity index is 358. The number of hydrogen-bond acceptors (Lipinski definition) is 4. The van der Waals surface area contributed by atoms with Crippen LogP contribution in [-0.4, -0.2) is 42.9 Å². The number of hydrogen-bond donors (Lipinski definition) is 2. The van der Waals surface area contributed by atoms with E-state index in [0.717, 1.165) is 24.3 Å². The quantitative estimate of drug-likeness (QED) is 0.713. The predicted molar refractivity (Wildman–Crippen MR) is 78.2 cm³/mol. The molecule has 0 aliphatic rings. The molecule has 0 radical (unpaired) electrons. The summed E-state index contributed by atoms with van der Waals surface area (Å²) < 4.78 is 5.64. The van der Waals surface area contributed by atoms with E-state index in [0.29, 0.717) is 19.7 Å². The number of para-hydroxylation sites is 1. The van der Waals surface area contributed by atoms with Crippen molar-refractivity contribution in [2.75, 3.05) is 26.7 Å². The minimum absolute atomic E-state index is 0.299. The standard InChI is InChI=1S/C15H26N2O2/c1-3-4-9-17(2)11-14(18)12-19-15-8-6-5-7-13(15)10-16/h5-8,14,18H,3-4,9-12,16H2,1-2H3. The lowest BCUT2D eigenvalue weighted by Crippen LogP contribution is -2.33. The van der Waals surface area contributed by atoms with Gasteiger partial charge in [0.25, 0.3) is 0 Å². The number of rotatable bonds is 9. The summed E-state index contributed by atoms with van der Waals surface area (Å²) in [6, 6.07) is 7.67. The van der Waals surface area contributed by atoms with Crippen molar-refractivity contribution in [2.24, 2.45) is 5.73 Å². The van der Waals surface area contributed by atoms with Crippen molar-refractivity contribution in [3.63, 3.8) is 0 Å². The maximum atomic E-state index is 9.95. The van der Waals surface area contributed by atoms with Gasteiger partial charge >= 0.3 is 0 Å². The van der Waals surface area contributed by atoms with Crippen molar-refractivity contribution in [2.45, 2.75) is 32.4 Å². The Morgan fingerprint density at radius 1 is 1.37 bits per heavy atom. The molecule has 1 aromatic rings.